The van der Waals surface area contributed by atoms with Gasteiger partial charge in [-0.15, -0.1) is 0 Å². The van der Waals surface area contributed by atoms with Crippen molar-refractivity contribution in [3.05, 3.63) is 36.0 Å². The van der Waals surface area contributed by atoms with Crippen LogP contribution in [0.3, 0.4) is 0 Å². The van der Waals surface area contributed by atoms with Gasteiger partial charge in [-0.1, -0.05) is 39.0 Å². The van der Waals surface area contributed by atoms with Crippen LogP contribution in [0.5, 0.6) is 0 Å². The van der Waals surface area contributed by atoms with E-state index in [1.165, 1.54) is 22.9 Å². The highest BCUT2D eigenvalue weighted by Gasteiger charge is 2.16. The maximum absolute atomic E-state index is 3.66. The minimum atomic E-state index is 0.383. The Balaban J connectivity index is 1.97. The van der Waals surface area contributed by atoms with Crippen LogP contribution in [0.1, 0.15) is 39.7 Å². The molecular formula is C17H26N2. The van der Waals surface area contributed by atoms with Crippen LogP contribution in [0.25, 0.3) is 10.9 Å². The number of para-hydroxylation sites is 1. The van der Waals surface area contributed by atoms with Crippen molar-refractivity contribution < 1.29 is 0 Å². The Kier molecular flexibility index (Phi) is 4.31. The number of benzene rings is 1. The molecule has 2 nitrogen and oxygen atoms in total. The number of rotatable bonds is 6. The van der Waals surface area contributed by atoms with Crippen molar-refractivity contribution in [2.45, 2.75) is 46.6 Å². The maximum atomic E-state index is 3.66. The van der Waals surface area contributed by atoms with Gasteiger partial charge in [0.2, 0.25) is 0 Å². The van der Waals surface area contributed by atoms with E-state index in [1.807, 2.05) is 0 Å². The van der Waals surface area contributed by atoms with Crippen LogP contribution >= 0.6 is 0 Å². The molecule has 0 saturated heterocycles. The monoisotopic (exact) mass is 258 g/mol. The predicted octanol–water partition coefficient (Wildman–Crippen LogP) is 4.12. The van der Waals surface area contributed by atoms with E-state index in [0.717, 1.165) is 13.0 Å². The highest BCUT2D eigenvalue weighted by Crippen LogP contribution is 2.20. The van der Waals surface area contributed by atoms with Gasteiger partial charge in [0.15, 0.2) is 0 Å². The third-order valence-electron chi connectivity index (χ3n) is 4.09. The fraction of sp³-hybridized carbons (Fsp3) is 0.529. The molecule has 2 aromatic rings. The second-order valence-electron chi connectivity index (χ2n) is 6.36. The standard InChI is InChI=1S/C17H26N2/c1-5-17(3,4)12-19-13(2)10-14-11-18-16-9-7-6-8-15(14)16/h6-9,11,13,18-19H,5,10,12H2,1-4H3/t13-/m1/s1. The Bertz CT molecular complexity index is 525. The summed E-state index contributed by atoms with van der Waals surface area (Å²) in [6.45, 7) is 10.2. The Hall–Kier alpha value is -1.28. The molecule has 0 saturated carbocycles. The van der Waals surface area contributed by atoms with Gasteiger partial charge in [-0.05, 0) is 36.8 Å². The molecule has 2 N–H and O–H groups in total. The van der Waals surface area contributed by atoms with Crippen molar-refractivity contribution in [2.24, 2.45) is 5.41 Å². The molecule has 0 aliphatic heterocycles. The Morgan fingerprint density at radius 3 is 2.74 bits per heavy atom. The molecule has 0 unspecified atom stereocenters. The molecule has 0 spiro atoms. The SMILES string of the molecule is CCC(C)(C)CN[C@H](C)Cc1c[nH]c2ccccc12. The molecular weight excluding hydrogens is 232 g/mol. The summed E-state index contributed by atoms with van der Waals surface area (Å²) >= 11 is 0. The molecule has 1 aromatic carbocycles. The fourth-order valence-corrected chi connectivity index (χ4v) is 2.28. The zero-order chi connectivity index (χ0) is 13.9. The van der Waals surface area contributed by atoms with E-state index in [1.54, 1.807) is 0 Å². The number of hydrogen-bond acceptors (Lipinski definition) is 1. The van der Waals surface area contributed by atoms with Crippen LogP contribution < -0.4 is 5.32 Å². The van der Waals surface area contributed by atoms with E-state index < -0.39 is 0 Å². The molecule has 1 heterocycles. The minimum absolute atomic E-state index is 0.383. The van der Waals surface area contributed by atoms with Crippen molar-refractivity contribution in [3.63, 3.8) is 0 Å². The lowest BCUT2D eigenvalue weighted by Crippen LogP contribution is -2.36. The van der Waals surface area contributed by atoms with E-state index in [0.29, 0.717) is 11.5 Å². The predicted molar refractivity (Wildman–Crippen MR) is 83.5 cm³/mol. The van der Waals surface area contributed by atoms with E-state index in [9.17, 15) is 0 Å². The van der Waals surface area contributed by atoms with Crippen molar-refractivity contribution >= 4 is 10.9 Å². The molecule has 0 amide bonds. The van der Waals surface area contributed by atoms with Crippen molar-refractivity contribution in [1.29, 1.82) is 0 Å². The van der Waals surface area contributed by atoms with Gasteiger partial charge >= 0.3 is 0 Å². The highest BCUT2D eigenvalue weighted by atomic mass is 14.9. The second-order valence-corrected chi connectivity index (χ2v) is 6.36. The van der Waals surface area contributed by atoms with E-state index in [-0.39, 0.29) is 0 Å². The molecule has 1 aromatic heterocycles. The Morgan fingerprint density at radius 1 is 1.26 bits per heavy atom. The molecule has 1 atom stereocenters. The fourth-order valence-electron chi connectivity index (χ4n) is 2.28. The minimum Gasteiger partial charge on any atom is -0.361 e. The lowest BCUT2D eigenvalue weighted by Gasteiger charge is -2.25. The number of H-pyrrole nitrogens is 1. The van der Waals surface area contributed by atoms with Crippen LogP contribution in [0.2, 0.25) is 0 Å². The molecule has 0 aliphatic rings. The maximum Gasteiger partial charge on any atom is 0.0456 e. The average Bonchev–Trinajstić information content (AvgIpc) is 2.80. The summed E-state index contributed by atoms with van der Waals surface area (Å²) in [6, 6.07) is 9.03. The van der Waals surface area contributed by atoms with Gasteiger partial charge in [-0.3, -0.25) is 0 Å². The quantitative estimate of drug-likeness (QED) is 0.801. The van der Waals surface area contributed by atoms with Crippen molar-refractivity contribution in [3.8, 4) is 0 Å². The van der Waals surface area contributed by atoms with E-state index >= 15 is 0 Å². The number of hydrogen-bond donors (Lipinski definition) is 2. The lowest BCUT2D eigenvalue weighted by molar-refractivity contribution is 0.312. The van der Waals surface area contributed by atoms with Crippen LogP contribution in [0.15, 0.2) is 30.5 Å². The number of fused-ring (bicyclic) bond motifs is 1. The molecule has 104 valence electrons. The molecule has 0 aliphatic carbocycles. The molecule has 19 heavy (non-hydrogen) atoms. The molecule has 0 fully saturated rings. The summed E-state index contributed by atoms with van der Waals surface area (Å²) < 4.78 is 0. The topological polar surface area (TPSA) is 27.8 Å². The molecule has 0 radical (unpaired) electrons. The summed E-state index contributed by atoms with van der Waals surface area (Å²) in [5.74, 6) is 0. The molecule has 2 heteroatoms. The first-order valence-corrected chi connectivity index (χ1v) is 7.30. The zero-order valence-corrected chi connectivity index (χ0v) is 12.6. The van der Waals surface area contributed by atoms with Crippen molar-refractivity contribution in [1.82, 2.24) is 10.3 Å². The van der Waals surface area contributed by atoms with Crippen LogP contribution in [-0.2, 0) is 6.42 Å². The summed E-state index contributed by atoms with van der Waals surface area (Å²) in [6.07, 6.45) is 4.43. The van der Waals surface area contributed by atoms with Gasteiger partial charge in [0.25, 0.3) is 0 Å². The highest BCUT2D eigenvalue weighted by molar-refractivity contribution is 5.83. The number of nitrogens with one attached hydrogen (secondary N) is 2. The number of aromatic nitrogens is 1. The summed E-state index contributed by atoms with van der Waals surface area (Å²) in [5, 5.41) is 5.02. The normalized spacial score (nSPS) is 13.9. The molecule has 0 bridgehead atoms. The lowest BCUT2D eigenvalue weighted by atomic mass is 9.90. The van der Waals surface area contributed by atoms with Crippen molar-refractivity contribution in [2.75, 3.05) is 6.54 Å². The van der Waals surface area contributed by atoms with Crippen LogP contribution in [0.4, 0.5) is 0 Å². The molecule has 2 rings (SSSR count). The van der Waals surface area contributed by atoms with E-state index in [4.69, 9.17) is 0 Å². The Labute approximate surface area is 116 Å². The van der Waals surface area contributed by atoms with Gasteiger partial charge in [0, 0.05) is 29.7 Å². The third kappa shape index (κ3) is 3.60. The smallest absolute Gasteiger partial charge is 0.0456 e. The average molecular weight is 258 g/mol. The van der Waals surface area contributed by atoms with Gasteiger partial charge in [0.05, 0.1) is 0 Å². The van der Waals surface area contributed by atoms with Gasteiger partial charge in [0.1, 0.15) is 0 Å². The van der Waals surface area contributed by atoms with Gasteiger partial charge in [-0.25, -0.2) is 0 Å². The third-order valence-corrected chi connectivity index (χ3v) is 4.09. The Morgan fingerprint density at radius 2 is 2.00 bits per heavy atom. The largest absolute Gasteiger partial charge is 0.361 e. The summed E-state index contributed by atoms with van der Waals surface area (Å²) in [7, 11) is 0. The second kappa shape index (κ2) is 5.79. The first-order valence-electron chi connectivity index (χ1n) is 7.30. The van der Waals surface area contributed by atoms with Gasteiger partial charge in [-0.2, -0.15) is 0 Å². The first-order chi connectivity index (χ1) is 9.02. The van der Waals surface area contributed by atoms with E-state index in [2.05, 4.69) is 68.5 Å². The zero-order valence-electron chi connectivity index (χ0n) is 12.6. The summed E-state index contributed by atoms with van der Waals surface area (Å²) in [5.41, 5.74) is 3.03. The summed E-state index contributed by atoms with van der Waals surface area (Å²) in [4.78, 5) is 3.35. The first kappa shape index (κ1) is 14.1. The number of aromatic amines is 1. The van der Waals surface area contributed by atoms with Crippen LogP contribution in [0, 0.1) is 5.41 Å². The van der Waals surface area contributed by atoms with Gasteiger partial charge < -0.3 is 10.3 Å². The van der Waals surface area contributed by atoms with Crippen LogP contribution in [-0.4, -0.2) is 17.6 Å².